The van der Waals surface area contributed by atoms with Crippen molar-refractivity contribution >= 4 is 23.2 Å². The van der Waals surface area contributed by atoms with E-state index in [4.69, 9.17) is 4.42 Å². The van der Waals surface area contributed by atoms with Gasteiger partial charge in [0.1, 0.15) is 11.5 Å². The van der Waals surface area contributed by atoms with E-state index in [1.165, 1.54) is 12.1 Å². The Morgan fingerprint density at radius 2 is 1.74 bits per heavy atom. The first-order valence-corrected chi connectivity index (χ1v) is 10.1. The van der Waals surface area contributed by atoms with Crippen LogP contribution in [-0.2, 0) is 6.42 Å². The number of aryl methyl sites for hydroxylation is 2. The molecule has 0 bridgehead atoms. The molecular formula is C24H23N3O4. The van der Waals surface area contributed by atoms with Crippen molar-refractivity contribution in [2.45, 2.75) is 33.1 Å². The average molecular weight is 417 g/mol. The second-order valence-electron chi connectivity index (χ2n) is 7.54. The molecule has 7 nitrogen and oxygen atoms in total. The van der Waals surface area contributed by atoms with Crippen LogP contribution in [0.5, 0.6) is 5.75 Å². The molecule has 31 heavy (non-hydrogen) atoms. The van der Waals surface area contributed by atoms with Crippen molar-refractivity contribution in [2.75, 3.05) is 5.32 Å². The molecule has 158 valence electrons. The number of aromatic hydroxyl groups is 1. The molecule has 7 heteroatoms. The zero-order chi connectivity index (χ0) is 22.0. The van der Waals surface area contributed by atoms with Gasteiger partial charge in [-0.05, 0) is 51.0 Å². The van der Waals surface area contributed by atoms with Crippen molar-refractivity contribution in [3.05, 3.63) is 82.3 Å². The molecular weight excluding hydrogens is 394 g/mol. The summed E-state index contributed by atoms with van der Waals surface area (Å²) in [6.07, 6.45) is 2.14. The van der Waals surface area contributed by atoms with Gasteiger partial charge in [-0.25, -0.2) is 5.43 Å². The first kappa shape index (κ1) is 20.4. The number of furan rings is 1. The van der Waals surface area contributed by atoms with Crippen LogP contribution < -0.4 is 10.7 Å². The Bertz CT molecular complexity index is 1180. The number of hydrogen-bond acceptors (Lipinski definition) is 5. The van der Waals surface area contributed by atoms with Crippen molar-refractivity contribution in [1.82, 2.24) is 5.43 Å². The van der Waals surface area contributed by atoms with Gasteiger partial charge in [-0.1, -0.05) is 29.8 Å². The van der Waals surface area contributed by atoms with Gasteiger partial charge in [-0.3, -0.25) is 9.59 Å². The summed E-state index contributed by atoms with van der Waals surface area (Å²) < 4.78 is 5.89. The van der Waals surface area contributed by atoms with E-state index in [2.05, 4.69) is 15.8 Å². The molecule has 3 N–H and O–H groups in total. The quantitative estimate of drug-likeness (QED) is 0.550. The summed E-state index contributed by atoms with van der Waals surface area (Å²) in [5.41, 5.74) is 6.55. The molecule has 0 atom stereocenters. The summed E-state index contributed by atoms with van der Waals surface area (Å²) in [5, 5.41) is 17.0. The number of fused-ring (bicyclic) bond motifs is 1. The van der Waals surface area contributed by atoms with E-state index >= 15 is 0 Å². The Kier molecular flexibility index (Phi) is 5.58. The number of hydrazone groups is 1. The van der Waals surface area contributed by atoms with Crippen molar-refractivity contribution in [3.63, 3.8) is 0 Å². The average Bonchev–Trinajstić information content (AvgIpc) is 3.11. The number of nitrogens with zero attached hydrogens (tertiary/aromatic N) is 1. The Labute approximate surface area is 179 Å². The lowest BCUT2D eigenvalue weighted by molar-refractivity contribution is 0.0950. The maximum absolute atomic E-state index is 12.8. The van der Waals surface area contributed by atoms with Gasteiger partial charge in [-0.2, -0.15) is 5.10 Å². The Morgan fingerprint density at radius 1 is 1.00 bits per heavy atom. The standard InChI is InChI=1S/C24H23N3O4/c1-14-10-12-16(13-11-14)25-24(30)22-15(2)21-18(7-5-9-20(21)31-22)26-27-23(29)17-6-3-4-8-19(17)28/h3-4,6,8,10-13,28H,5,7,9H2,1-2H3,(H,25,30)(H,27,29)/b26-18+. The molecule has 0 fully saturated rings. The lowest BCUT2D eigenvalue weighted by atomic mass is 9.93. The lowest BCUT2D eigenvalue weighted by Gasteiger charge is -2.13. The van der Waals surface area contributed by atoms with E-state index in [0.29, 0.717) is 35.6 Å². The van der Waals surface area contributed by atoms with Crippen molar-refractivity contribution < 1.29 is 19.1 Å². The van der Waals surface area contributed by atoms with Crippen molar-refractivity contribution in [1.29, 1.82) is 0 Å². The summed E-state index contributed by atoms with van der Waals surface area (Å²) in [6, 6.07) is 13.8. The van der Waals surface area contributed by atoms with Crippen LogP contribution >= 0.6 is 0 Å². The monoisotopic (exact) mass is 417 g/mol. The molecule has 0 radical (unpaired) electrons. The zero-order valence-electron chi connectivity index (χ0n) is 17.4. The highest BCUT2D eigenvalue weighted by Gasteiger charge is 2.28. The first-order valence-electron chi connectivity index (χ1n) is 10.1. The molecule has 2 amide bonds. The second-order valence-corrected chi connectivity index (χ2v) is 7.54. The molecule has 0 aliphatic heterocycles. The number of phenols is 1. The molecule has 1 aliphatic carbocycles. The summed E-state index contributed by atoms with van der Waals surface area (Å²) in [5.74, 6) is -0.00999. The number of phenolic OH excluding ortho intramolecular Hbond substituents is 1. The third-order valence-electron chi connectivity index (χ3n) is 5.28. The number of hydrogen-bond donors (Lipinski definition) is 3. The molecule has 3 aromatic rings. The molecule has 0 saturated heterocycles. The van der Waals surface area contributed by atoms with Gasteiger partial charge < -0.3 is 14.8 Å². The van der Waals surface area contributed by atoms with Crippen LogP contribution in [0.4, 0.5) is 5.69 Å². The molecule has 0 unspecified atom stereocenters. The van der Waals surface area contributed by atoms with Crippen molar-refractivity contribution in [2.24, 2.45) is 5.10 Å². The minimum absolute atomic E-state index is 0.112. The number of carbonyl (C=O) groups is 2. The van der Waals surface area contributed by atoms with Crippen LogP contribution in [0.3, 0.4) is 0 Å². The smallest absolute Gasteiger partial charge is 0.291 e. The van der Waals surface area contributed by atoms with Gasteiger partial charge >= 0.3 is 0 Å². The van der Waals surface area contributed by atoms with E-state index in [1.54, 1.807) is 12.1 Å². The van der Waals surface area contributed by atoms with Crippen LogP contribution in [0.15, 0.2) is 58.0 Å². The zero-order valence-corrected chi connectivity index (χ0v) is 17.4. The highest BCUT2D eigenvalue weighted by Crippen LogP contribution is 2.30. The number of benzene rings is 2. The third kappa shape index (κ3) is 4.21. The molecule has 0 saturated carbocycles. The third-order valence-corrected chi connectivity index (χ3v) is 5.28. The lowest BCUT2D eigenvalue weighted by Crippen LogP contribution is -2.22. The minimum atomic E-state index is -0.504. The van der Waals surface area contributed by atoms with Crippen LogP contribution in [-0.4, -0.2) is 22.6 Å². The van der Waals surface area contributed by atoms with Gasteiger partial charge in [0.05, 0.1) is 11.3 Å². The number of rotatable bonds is 4. The number of carbonyl (C=O) groups excluding carboxylic acids is 2. The fourth-order valence-electron chi connectivity index (χ4n) is 3.67. The van der Waals surface area contributed by atoms with Gasteiger partial charge in [0.15, 0.2) is 5.76 Å². The van der Waals surface area contributed by atoms with E-state index in [-0.39, 0.29) is 23.0 Å². The molecule has 0 spiro atoms. The van der Waals surface area contributed by atoms with Crippen LogP contribution in [0.2, 0.25) is 0 Å². The highest BCUT2D eigenvalue weighted by molar-refractivity contribution is 6.09. The van der Waals surface area contributed by atoms with E-state index in [0.717, 1.165) is 17.5 Å². The minimum Gasteiger partial charge on any atom is -0.507 e. The predicted octanol–water partition coefficient (Wildman–Crippen LogP) is 4.32. The van der Waals surface area contributed by atoms with Crippen LogP contribution in [0.1, 0.15) is 56.2 Å². The number of anilines is 1. The number of amides is 2. The van der Waals surface area contributed by atoms with Crippen LogP contribution in [0.25, 0.3) is 0 Å². The molecule has 1 heterocycles. The number of nitrogens with one attached hydrogen (secondary N) is 2. The Morgan fingerprint density at radius 3 is 2.48 bits per heavy atom. The maximum atomic E-state index is 12.8. The van der Waals surface area contributed by atoms with E-state index in [1.807, 2.05) is 38.1 Å². The van der Waals surface area contributed by atoms with Gasteiger partial charge in [0.25, 0.3) is 11.8 Å². The van der Waals surface area contributed by atoms with Gasteiger partial charge in [-0.15, -0.1) is 0 Å². The summed E-state index contributed by atoms with van der Waals surface area (Å²) in [4.78, 5) is 25.2. The summed E-state index contributed by atoms with van der Waals surface area (Å²) >= 11 is 0. The second kappa shape index (κ2) is 8.47. The normalized spacial score (nSPS) is 14.2. The van der Waals surface area contributed by atoms with E-state index < -0.39 is 5.91 Å². The van der Waals surface area contributed by atoms with Crippen molar-refractivity contribution in [3.8, 4) is 5.75 Å². The Hall–Kier alpha value is -3.87. The largest absolute Gasteiger partial charge is 0.507 e. The highest BCUT2D eigenvalue weighted by atomic mass is 16.4. The summed E-state index contributed by atoms with van der Waals surface area (Å²) in [6.45, 7) is 3.80. The fourth-order valence-corrected chi connectivity index (χ4v) is 3.67. The number of para-hydroxylation sites is 1. The van der Waals surface area contributed by atoms with Gasteiger partial charge in [0, 0.05) is 23.2 Å². The molecule has 1 aliphatic rings. The fraction of sp³-hybridized carbons (Fsp3) is 0.208. The summed E-state index contributed by atoms with van der Waals surface area (Å²) in [7, 11) is 0. The SMILES string of the molecule is Cc1ccc(NC(=O)c2oc3c(c2C)/C(=N/NC(=O)c2ccccc2O)CCC3)cc1. The van der Waals surface area contributed by atoms with Gasteiger partial charge in [0.2, 0.25) is 0 Å². The predicted molar refractivity (Wildman–Crippen MR) is 118 cm³/mol. The van der Waals surface area contributed by atoms with Crippen LogP contribution in [0, 0.1) is 13.8 Å². The van der Waals surface area contributed by atoms with E-state index in [9.17, 15) is 14.7 Å². The maximum Gasteiger partial charge on any atom is 0.291 e. The topological polar surface area (TPSA) is 104 Å². The molecule has 4 rings (SSSR count). The Balaban J connectivity index is 1.57. The molecule has 2 aromatic carbocycles. The molecule has 1 aromatic heterocycles. The first-order chi connectivity index (χ1) is 14.9.